The van der Waals surface area contributed by atoms with E-state index in [0.29, 0.717) is 12.5 Å². The van der Waals surface area contributed by atoms with E-state index < -0.39 is 0 Å². The van der Waals surface area contributed by atoms with Crippen molar-refractivity contribution in [1.82, 2.24) is 9.66 Å². The molecule has 0 aromatic carbocycles. The smallest absolute Gasteiger partial charge is 0.146 e. The molecule has 0 atom stereocenters. The minimum absolute atomic E-state index is 0.217. The van der Waals surface area contributed by atoms with Crippen LogP contribution in [-0.4, -0.2) is 40.4 Å². The summed E-state index contributed by atoms with van der Waals surface area (Å²) >= 11 is 0. The Bertz CT molecular complexity index is 635. The van der Waals surface area contributed by atoms with Crippen LogP contribution in [0.3, 0.4) is 0 Å². The number of hydrogen-bond acceptors (Lipinski definition) is 5. The molecule has 21 heavy (non-hydrogen) atoms. The number of nitrogens with two attached hydrogens (primary N) is 1. The van der Waals surface area contributed by atoms with Gasteiger partial charge in [-0.25, -0.2) is 4.99 Å². The third-order valence-electron chi connectivity index (χ3n) is 3.61. The van der Waals surface area contributed by atoms with Crippen LogP contribution in [0.25, 0.3) is 11.3 Å². The number of amidine groups is 1. The number of aliphatic hydroxyl groups is 1. The summed E-state index contributed by atoms with van der Waals surface area (Å²) < 4.78 is 2.12. The summed E-state index contributed by atoms with van der Waals surface area (Å²) in [4.78, 5) is 8.43. The third kappa shape index (κ3) is 2.62. The van der Waals surface area contributed by atoms with Crippen LogP contribution in [0.1, 0.15) is 18.5 Å². The fourth-order valence-corrected chi connectivity index (χ4v) is 2.55. The van der Waals surface area contributed by atoms with Gasteiger partial charge in [0.05, 0.1) is 5.69 Å². The Hall–Kier alpha value is -2.34. The first-order chi connectivity index (χ1) is 10.3. The van der Waals surface area contributed by atoms with E-state index in [1.807, 2.05) is 18.2 Å². The highest BCUT2D eigenvalue weighted by Crippen LogP contribution is 2.24. The molecule has 0 fully saturated rings. The van der Waals surface area contributed by atoms with Crippen LogP contribution in [0.5, 0.6) is 0 Å². The fourth-order valence-electron chi connectivity index (χ4n) is 2.55. The predicted octanol–water partition coefficient (Wildman–Crippen LogP) is 0.937. The molecule has 0 bridgehead atoms. The highest BCUT2D eigenvalue weighted by molar-refractivity contribution is 5.97. The van der Waals surface area contributed by atoms with Crippen LogP contribution in [0.4, 0.5) is 0 Å². The van der Waals surface area contributed by atoms with Gasteiger partial charge in [-0.05, 0) is 37.1 Å². The average Bonchev–Trinajstić information content (AvgIpc) is 2.97. The van der Waals surface area contributed by atoms with Crippen LogP contribution >= 0.6 is 0 Å². The van der Waals surface area contributed by atoms with Crippen molar-refractivity contribution in [3.05, 3.63) is 42.4 Å². The first kappa shape index (κ1) is 13.6. The van der Waals surface area contributed by atoms with Crippen molar-refractivity contribution in [3.63, 3.8) is 0 Å². The van der Waals surface area contributed by atoms with E-state index >= 15 is 0 Å². The molecule has 2 aromatic heterocycles. The molecule has 0 saturated heterocycles. The molecule has 1 aliphatic heterocycles. The lowest BCUT2D eigenvalue weighted by Gasteiger charge is -2.31. The maximum Gasteiger partial charge on any atom is 0.146 e. The Kier molecular flexibility index (Phi) is 3.87. The molecule has 2 aromatic rings. The second-order valence-electron chi connectivity index (χ2n) is 5.00. The molecule has 1 aliphatic rings. The first-order valence-corrected chi connectivity index (χ1v) is 7.10. The number of aliphatic hydroxyl groups excluding tert-OH is 1. The molecule has 6 nitrogen and oxygen atoms in total. The molecule has 0 aliphatic carbocycles. The van der Waals surface area contributed by atoms with E-state index in [1.165, 1.54) is 0 Å². The number of nitrogens with zero attached hydrogens (tertiary/aromatic N) is 4. The minimum Gasteiger partial charge on any atom is -0.396 e. The summed E-state index contributed by atoms with van der Waals surface area (Å²) in [5.74, 6) is 0.564. The Morgan fingerprint density at radius 1 is 1.10 bits per heavy atom. The largest absolute Gasteiger partial charge is 0.396 e. The lowest BCUT2D eigenvalue weighted by atomic mass is 10.2. The lowest BCUT2D eigenvalue weighted by molar-refractivity contribution is 0.283. The van der Waals surface area contributed by atoms with Gasteiger partial charge in [-0.15, -0.1) is 0 Å². The van der Waals surface area contributed by atoms with Crippen LogP contribution in [0.2, 0.25) is 0 Å². The number of aliphatic imine (C=N–C) groups is 1. The molecule has 110 valence electrons. The second-order valence-corrected chi connectivity index (χ2v) is 5.00. The van der Waals surface area contributed by atoms with Gasteiger partial charge in [-0.2, -0.15) is 0 Å². The van der Waals surface area contributed by atoms with Crippen molar-refractivity contribution >= 4 is 5.84 Å². The minimum atomic E-state index is 0.217. The van der Waals surface area contributed by atoms with Gasteiger partial charge in [0, 0.05) is 31.1 Å². The van der Waals surface area contributed by atoms with Crippen LogP contribution in [0.15, 0.2) is 41.7 Å². The van der Waals surface area contributed by atoms with Gasteiger partial charge in [0.25, 0.3) is 0 Å². The zero-order valence-electron chi connectivity index (χ0n) is 11.8. The Morgan fingerprint density at radius 3 is 2.62 bits per heavy atom. The van der Waals surface area contributed by atoms with Crippen molar-refractivity contribution in [3.8, 4) is 11.3 Å². The maximum absolute atomic E-state index is 8.95. The maximum atomic E-state index is 8.95. The third-order valence-corrected chi connectivity index (χ3v) is 3.61. The standard InChI is InChI=1S/C15H19N5O/c16-15-14-4-3-13(12-5-7-17-8-6-12)20(14)19(11-18-15)9-1-2-10-21/h3-8,21H,1-2,9-11H2,(H2,16,18). The molecular formula is C15H19N5O. The SMILES string of the molecule is NC1=NCN(CCCCO)n2c1ccc2-c1ccncc1. The molecular weight excluding hydrogens is 266 g/mol. The van der Waals surface area contributed by atoms with E-state index in [2.05, 4.69) is 25.7 Å². The van der Waals surface area contributed by atoms with Gasteiger partial charge in [0.1, 0.15) is 18.2 Å². The first-order valence-electron chi connectivity index (χ1n) is 7.10. The Labute approximate surface area is 123 Å². The lowest BCUT2D eigenvalue weighted by Crippen LogP contribution is -2.43. The number of hydrogen-bond donors (Lipinski definition) is 2. The number of aromatic nitrogens is 2. The summed E-state index contributed by atoms with van der Waals surface area (Å²) in [6.45, 7) is 1.59. The summed E-state index contributed by atoms with van der Waals surface area (Å²) in [6.07, 6.45) is 5.27. The summed E-state index contributed by atoms with van der Waals surface area (Å²) in [7, 11) is 0. The quantitative estimate of drug-likeness (QED) is 0.801. The molecule has 0 saturated carbocycles. The monoisotopic (exact) mass is 285 g/mol. The van der Waals surface area contributed by atoms with Gasteiger partial charge in [-0.1, -0.05) is 0 Å². The van der Waals surface area contributed by atoms with Crippen molar-refractivity contribution in [2.75, 3.05) is 24.8 Å². The van der Waals surface area contributed by atoms with Gasteiger partial charge in [0.15, 0.2) is 0 Å². The topological polar surface area (TPSA) is 79.7 Å². The molecule has 0 radical (unpaired) electrons. The summed E-state index contributed by atoms with van der Waals surface area (Å²) in [5, 5.41) is 11.1. The second kappa shape index (κ2) is 5.97. The van der Waals surface area contributed by atoms with Crippen molar-refractivity contribution < 1.29 is 5.11 Å². The summed E-state index contributed by atoms with van der Waals surface area (Å²) in [6, 6.07) is 8.01. The van der Waals surface area contributed by atoms with Gasteiger partial charge < -0.3 is 10.8 Å². The molecule has 6 heteroatoms. The molecule has 0 amide bonds. The number of fused-ring (bicyclic) bond motifs is 1. The van der Waals surface area contributed by atoms with E-state index in [1.54, 1.807) is 12.4 Å². The van der Waals surface area contributed by atoms with E-state index in [-0.39, 0.29) is 6.61 Å². The number of rotatable bonds is 5. The highest BCUT2D eigenvalue weighted by atomic mass is 16.2. The fraction of sp³-hybridized carbons (Fsp3) is 0.333. The van der Waals surface area contributed by atoms with Crippen LogP contribution in [0, 0.1) is 0 Å². The molecule has 3 heterocycles. The average molecular weight is 285 g/mol. The Balaban J connectivity index is 1.96. The van der Waals surface area contributed by atoms with Crippen molar-refractivity contribution in [2.45, 2.75) is 12.8 Å². The zero-order chi connectivity index (χ0) is 14.7. The molecule has 0 unspecified atom stereocenters. The van der Waals surface area contributed by atoms with E-state index in [0.717, 1.165) is 36.3 Å². The van der Waals surface area contributed by atoms with E-state index in [4.69, 9.17) is 10.8 Å². The summed E-state index contributed by atoms with van der Waals surface area (Å²) in [5.41, 5.74) is 9.09. The van der Waals surface area contributed by atoms with Crippen LogP contribution < -0.4 is 10.7 Å². The number of unbranched alkanes of at least 4 members (excludes halogenated alkanes) is 1. The van der Waals surface area contributed by atoms with Gasteiger partial charge >= 0.3 is 0 Å². The van der Waals surface area contributed by atoms with Gasteiger partial charge in [-0.3, -0.25) is 14.7 Å². The van der Waals surface area contributed by atoms with Gasteiger partial charge in [0.2, 0.25) is 0 Å². The number of pyridine rings is 1. The molecule has 3 rings (SSSR count). The van der Waals surface area contributed by atoms with Crippen molar-refractivity contribution in [1.29, 1.82) is 0 Å². The Morgan fingerprint density at radius 2 is 1.86 bits per heavy atom. The van der Waals surface area contributed by atoms with E-state index in [9.17, 15) is 0 Å². The normalized spacial score (nSPS) is 14.0. The molecule has 3 N–H and O–H groups in total. The van der Waals surface area contributed by atoms with Crippen molar-refractivity contribution in [2.24, 2.45) is 10.7 Å². The predicted molar refractivity (Wildman–Crippen MR) is 82.7 cm³/mol. The molecule has 0 spiro atoms. The zero-order valence-corrected chi connectivity index (χ0v) is 11.8. The highest BCUT2D eigenvalue weighted by Gasteiger charge is 2.21. The van der Waals surface area contributed by atoms with Crippen LogP contribution in [-0.2, 0) is 0 Å².